The maximum absolute atomic E-state index is 12.1. The molecule has 27 heavy (non-hydrogen) atoms. The Morgan fingerprint density at radius 1 is 1.11 bits per heavy atom. The first-order valence-corrected chi connectivity index (χ1v) is 8.04. The molecule has 2 aromatic carbocycles. The summed E-state index contributed by atoms with van der Waals surface area (Å²) in [4.78, 5) is 22.8. The quantitative estimate of drug-likeness (QED) is 0.394. The minimum Gasteiger partial charge on any atom is -0.495 e. The molecule has 1 amide bonds. The van der Waals surface area contributed by atoms with Crippen molar-refractivity contribution in [1.82, 2.24) is 0 Å². The normalized spacial score (nSPS) is 10.7. The first-order chi connectivity index (χ1) is 13.1. The Labute approximate surface area is 155 Å². The van der Waals surface area contributed by atoms with Gasteiger partial charge in [-0.3, -0.25) is 14.9 Å². The number of para-hydroxylation sites is 3. The molecule has 0 aliphatic rings. The fourth-order valence-electron chi connectivity index (χ4n) is 2.51. The number of anilines is 1. The van der Waals surface area contributed by atoms with Gasteiger partial charge in [-0.1, -0.05) is 24.3 Å². The number of benzene rings is 2. The molecule has 1 heterocycles. The number of nitro groups is 1. The number of amides is 1. The molecule has 7 nitrogen and oxygen atoms in total. The number of carbonyl (C=O) groups excluding carboxylic acids is 1. The van der Waals surface area contributed by atoms with E-state index in [1.807, 2.05) is 0 Å². The summed E-state index contributed by atoms with van der Waals surface area (Å²) in [6.45, 7) is 0. The standard InChI is InChI=1S/C20H16N2O5/c1-26-19-9-5-3-7-16(19)21-20(23)13-11-14-10-12-18(27-14)15-6-2-4-8-17(15)22(24)25/h2-13H,1H3,(H,21,23)/b13-11+. The molecule has 7 heteroatoms. The van der Waals surface area contributed by atoms with Crippen molar-refractivity contribution in [1.29, 1.82) is 0 Å². The van der Waals surface area contributed by atoms with E-state index in [-0.39, 0.29) is 11.6 Å². The monoisotopic (exact) mass is 364 g/mol. The van der Waals surface area contributed by atoms with Gasteiger partial charge in [0.25, 0.3) is 5.69 Å². The molecule has 0 unspecified atom stereocenters. The van der Waals surface area contributed by atoms with Crippen molar-refractivity contribution in [3.8, 4) is 17.1 Å². The summed E-state index contributed by atoms with van der Waals surface area (Å²) in [5.74, 6) is 0.949. The van der Waals surface area contributed by atoms with Gasteiger partial charge >= 0.3 is 0 Å². The fourth-order valence-corrected chi connectivity index (χ4v) is 2.51. The molecule has 0 aliphatic carbocycles. The van der Waals surface area contributed by atoms with Gasteiger partial charge in [-0.2, -0.15) is 0 Å². The Kier molecular flexibility index (Phi) is 5.32. The van der Waals surface area contributed by atoms with Gasteiger partial charge in [-0.05, 0) is 36.4 Å². The molecule has 1 aromatic heterocycles. The largest absolute Gasteiger partial charge is 0.495 e. The maximum atomic E-state index is 12.1. The van der Waals surface area contributed by atoms with E-state index >= 15 is 0 Å². The number of nitrogens with one attached hydrogen (secondary N) is 1. The second kappa shape index (κ2) is 8.01. The summed E-state index contributed by atoms with van der Waals surface area (Å²) in [5.41, 5.74) is 0.881. The average Bonchev–Trinajstić information content (AvgIpc) is 3.15. The van der Waals surface area contributed by atoms with Crippen molar-refractivity contribution in [2.24, 2.45) is 0 Å². The van der Waals surface area contributed by atoms with Crippen LogP contribution in [0.3, 0.4) is 0 Å². The van der Waals surface area contributed by atoms with Crippen LogP contribution in [0.4, 0.5) is 11.4 Å². The molecule has 1 N–H and O–H groups in total. The van der Waals surface area contributed by atoms with Gasteiger partial charge in [0.05, 0.1) is 23.3 Å². The zero-order valence-corrected chi connectivity index (χ0v) is 14.4. The average molecular weight is 364 g/mol. The number of methoxy groups -OCH3 is 1. The smallest absolute Gasteiger partial charge is 0.280 e. The lowest BCUT2D eigenvalue weighted by molar-refractivity contribution is -0.384. The first kappa shape index (κ1) is 17.9. The van der Waals surface area contributed by atoms with Gasteiger partial charge in [0.15, 0.2) is 0 Å². The third-order valence-corrected chi connectivity index (χ3v) is 3.76. The number of hydrogen-bond donors (Lipinski definition) is 1. The van der Waals surface area contributed by atoms with Gasteiger partial charge in [0, 0.05) is 12.1 Å². The third-order valence-electron chi connectivity index (χ3n) is 3.76. The Morgan fingerprint density at radius 3 is 2.63 bits per heavy atom. The van der Waals surface area contributed by atoms with Crippen LogP contribution in [-0.2, 0) is 4.79 Å². The van der Waals surface area contributed by atoms with Crippen LogP contribution < -0.4 is 10.1 Å². The van der Waals surface area contributed by atoms with Gasteiger partial charge in [0.2, 0.25) is 5.91 Å². The maximum Gasteiger partial charge on any atom is 0.280 e. The van der Waals surface area contributed by atoms with E-state index in [0.29, 0.717) is 28.5 Å². The molecule has 3 aromatic rings. The molecule has 0 atom stereocenters. The lowest BCUT2D eigenvalue weighted by Crippen LogP contribution is -2.08. The van der Waals surface area contributed by atoms with Crippen LogP contribution >= 0.6 is 0 Å². The fraction of sp³-hybridized carbons (Fsp3) is 0.0500. The van der Waals surface area contributed by atoms with E-state index in [9.17, 15) is 14.9 Å². The number of nitrogens with zero attached hydrogens (tertiary/aromatic N) is 1. The SMILES string of the molecule is COc1ccccc1NC(=O)/C=C/c1ccc(-c2ccccc2[N+](=O)[O-])o1. The highest BCUT2D eigenvalue weighted by molar-refractivity contribution is 6.02. The van der Waals surface area contributed by atoms with E-state index in [1.165, 1.54) is 25.3 Å². The molecule has 136 valence electrons. The van der Waals surface area contributed by atoms with E-state index < -0.39 is 4.92 Å². The number of nitro benzene ring substituents is 1. The lowest BCUT2D eigenvalue weighted by atomic mass is 10.1. The molecular weight excluding hydrogens is 348 g/mol. The van der Waals surface area contributed by atoms with Crippen molar-refractivity contribution in [3.05, 3.63) is 82.6 Å². The Morgan fingerprint density at radius 2 is 1.85 bits per heavy atom. The molecule has 0 bridgehead atoms. The van der Waals surface area contributed by atoms with Crippen molar-refractivity contribution < 1.29 is 18.9 Å². The molecule has 0 saturated heterocycles. The van der Waals surface area contributed by atoms with Gasteiger partial charge < -0.3 is 14.5 Å². The highest BCUT2D eigenvalue weighted by Crippen LogP contribution is 2.31. The molecule has 0 fully saturated rings. The van der Waals surface area contributed by atoms with Gasteiger partial charge in [-0.25, -0.2) is 0 Å². The number of furan rings is 1. The highest BCUT2D eigenvalue weighted by Gasteiger charge is 2.16. The molecule has 0 radical (unpaired) electrons. The van der Waals surface area contributed by atoms with Crippen LogP contribution in [0.2, 0.25) is 0 Å². The first-order valence-electron chi connectivity index (χ1n) is 8.04. The second-order valence-corrected chi connectivity index (χ2v) is 5.50. The molecule has 0 aliphatic heterocycles. The Bertz CT molecular complexity index is 1010. The van der Waals surface area contributed by atoms with Gasteiger partial charge in [0.1, 0.15) is 17.3 Å². The van der Waals surface area contributed by atoms with Crippen molar-refractivity contribution in [3.63, 3.8) is 0 Å². The van der Waals surface area contributed by atoms with Crippen LogP contribution in [0.25, 0.3) is 17.4 Å². The van der Waals surface area contributed by atoms with Crippen molar-refractivity contribution in [2.75, 3.05) is 12.4 Å². The Balaban J connectivity index is 1.74. The number of hydrogen-bond acceptors (Lipinski definition) is 5. The number of carbonyl (C=O) groups is 1. The van der Waals surface area contributed by atoms with E-state index in [2.05, 4.69) is 5.32 Å². The molecular formula is C20H16N2O5. The van der Waals surface area contributed by atoms with Crippen molar-refractivity contribution >= 4 is 23.4 Å². The second-order valence-electron chi connectivity index (χ2n) is 5.50. The highest BCUT2D eigenvalue weighted by atomic mass is 16.6. The van der Waals surface area contributed by atoms with Crippen LogP contribution in [0.15, 0.2) is 71.2 Å². The summed E-state index contributed by atoms with van der Waals surface area (Å²) < 4.78 is 10.8. The third kappa shape index (κ3) is 4.21. The van der Waals surface area contributed by atoms with Crippen LogP contribution in [0.5, 0.6) is 5.75 Å². The summed E-state index contributed by atoms with van der Waals surface area (Å²) in [5, 5.41) is 13.8. The van der Waals surface area contributed by atoms with Crippen LogP contribution in [-0.4, -0.2) is 17.9 Å². The molecule has 3 rings (SSSR count). The Hall–Kier alpha value is -3.87. The lowest BCUT2D eigenvalue weighted by Gasteiger charge is -2.07. The summed E-state index contributed by atoms with van der Waals surface area (Å²) >= 11 is 0. The number of ether oxygens (including phenoxy) is 1. The number of rotatable bonds is 6. The van der Waals surface area contributed by atoms with E-state index in [4.69, 9.17) is 9.15 Å². The van der Waals surface area contributed by atoms with E-state index in [0.717, 1.165) is 0 Å². The minimum atomic E-state index is -0.464. The van der Waals surface area contributed by atoms with Crippen LogP contribution in [0, 0.1) is 10.1 Å². The predicted molar refractivity (Wildman–Crippen MR) is 101 cm³/mol. The van der Waals surface area contributed by atoms with Gasteiger partial charge in [-0.15, -0.1) is 0 Å². The summed E-state index contributed by atoms with van der Waals surface area (Å²) in [6, 6.07) is 16.6. The summed E-state index contributed by atoms with van der Waals surface area (Å²) in [7, 11) is 1.52. The van der Waals surface area contributed by atoms with E-state index in [1.54, 1.807) is 54.6 Å². The molecule has 0 spiro atoms. The van der Waals surface area contributed by atoms with Crippen LogP contribution in [0.1, 0.15) is 5.76 Å². The zero-order chi connectivity index (χ0) is 19.2. The summed E-state index contributed by atoms with van der Waals surface area (Å²) in [6.07, 6.45) is 2.80. The topological polar surface area (TPSA) is 94.6 Å². The zero-order valence-electron chi connectivity index (χ0n) is 14.4. The minimum absolute atomic E-state index is 0.0451. The van der Waals surface area contributed by atoms with Crippen molar-refractivity contribution in [2.45, 2.75) is 0 Å². The molecule has 0 saturated carbocycles. The predicted octanol–water partition coefficient (Wildman–Crippen LogP) is 4.52.